The van der Waals surface area contributed by atoms with Gasteiger partial charge in [0.05, 0.1) is 34.9 Å². The van der Waals surface area contributed by atoms with Crippen molar-refractivity contribution in [2.75, 3.05) is 0 Å². The first-order chi connectivity index (χ1) is 12.4. The molecule has 0 aromatic carbocycles. The van der Waals surface area contributed by atoms with E-state index in [0.717, 1.165) is 11.4 Å². The third-order valence-electron chi connectivity index (χ3n) is 5.37. The molecule has 0 aromatic heterocycles. The maximum atomic E-state index is 14.6. The number of nitrogens with zero attached hydrogens (tertiary/aromatic N) is 2. The van der Waals surface area contributed by atoms with Crippen LogP contribution in [0.15, 0.2) is 56.5 Å². The largest absolute Gasteiger partial charge is 0.380 e. The maximum Gasteiger partial charge on any atom is 0.142 e. The second kappa shape index (κ2) is 6.69. The van der Waals surface area contributed by atoms with Crippen molar-refractivity contribution in [3.8, 4) is 0 Å². The summed E-state index contributed by atoms with van der Waals surface area (Å²) in [6.07, 6.45) is 10.2. The second-order valence-corrected chi connectivity index (χ2v) is 8.18. The molecule has 0 radical (unpaired) electrons. The summed E-state index contributed by atoms with van der Waals surface area (Å²) in [4.78, 5) is 9.13. The van der Waals surface area contributed by atoms with Crippen molar-refractivity contribution in [2.24, 2.45) is 21.8 Å². The van der Waals surface area contributed by atoms with Crippen LogP contribution in [0.4, 0.5) is 4.39 Å². The number of hydrogen-bond donors (Lipinski definition) is 2. The van der Waals surface area contributed by atoms with E-state index in [1.54, 1.807) is 12.3 Å². The zero-order chi connectivity index (χ0) is 18.4. The number of allylic oxidation sites excluding steroid dienone is 4. The normalized spacial score (nSPS) is 33.2. The van der Waals surface area contributed by atoms with E-state index in [1.165, 1.54) is 0 Å². The Morgan fingerprint density at radius 1 is 1.04 bits per heavy atom. The Hall–Kier alpha value is -1.88. The third kappa shape index (κ3) is 3.25. The van der Waals surface area contributed by atoms with Gasteiger partial charge in [-0.2, -0.15) is 0 Å². The molecule has 26 heavy (non-hydrogen) atoms. The van der Waals surface area contributed by atoms with Gasteiger partial charge in [-0.25, -0.2) is 4.39 Å². The van der Waals surface area contributed by atoms with Gasteiger partial charge in [-0.05, 0) is 30.2 Å². The quantitative estimate of drug-likeness (QED) is 0.789. The van der Waals surface area contributed by atoms with E-state index < -0.39 is 0 Å². The average Bonchev–Trinajstić information content (AvgIpc) is 3.18. The Labute approximate surface area is 158 Å². The van der Waals surface area contributed by atoms with Gasteiger partial charge in [-0.15, -0.1) is 0 Å². The van der Waals surface area contributed by atoms with Crippen molar-refractivity contribution in [1.29, 1.82) is 0 Å². The Bertz CT molecular complexity index is 790. The first-order valence-corrected chi connectivity index (χ1v) is 9.60. The fraction of sp³-hybridized carbons (Fsp3) is 0.500. The van der Waals surface area contributed by atoms with Crippen molar-refractivity contribution in [3.05, 3.63) is 46.6 Å². The molecule has 0 fully saturated rings. The fourth-order valence-corrected chi connectivity index (χ4v) is 4.04. The summed E-state index contributed by atoms with van der Waals surface area (Å²) in [5, 5.41) is 7.48. The second-order valence-electron chi connectivity index (χ2n) is 7.75. The van der Waals surface area contributed by atoms with Gasteiger partial charge in [0, 0.05) is 29.9 Å². The number of aliphatic imine (C=N–C) groups is 2. The van der Waals surface area contributed by atoms with Gasteiger partial charge < -0.3 is 10.6 Å². The molecule has 5 unspecified atom stereocenters. The molecule has 2 N–H and O–H groups in total. The van der Waals surface area contributed by atoms with Gasteiger partial charge in [-0.3, -0.25) is 9.98 Å². The predicted molar refractivity (Wildman–Crippen MR) is 105 cm³/mol. The van der Waals surface area contributed by atoms with E-state index in [4.69, 9.17) is 11.6 Å². The highest BCUT2D eigenvalue weighted by molar-refractivity contribution is 6.39. The van der Waals surface area contributed by atoms with Gasteiger partial charge in [0.15, 0.2) is 0 Å². The minimum atomic E-state index is -0.207. The Kier molecular flexibility index (Phi) is 4.51. The van der Waals surface area contributed by atoms with Crippen LogP contribution in [-0.2, 0) is 0 Å². The number of dihydropyridines is 2. The Balaban J connectivity index is 1.46. The lowest BCUT2D eigenvalue weighted by Gasteiger charge is -2.23. The van der Waals surface area contributed by atoms with Crippen LogP contribution in [-0.4, -0.2) is 36.1 Å². The molecule has 4 nitrogen and oxygen atoms in total. The molecule has 0 aliphatic carbocycles. The summed E-state index contributed by atoms with van der Waals surface area (Å²) in [5.74, 6) is 0.326. The molecule has 0 spiro atoms. The zero-order valence-corrected chi connectivity index (χ0v) is 16.0. The minimum Gasteiger partial charge on any atom is -0.380 e. The SMILES string of the molecule is CC(C)C1=CC2N=C(CC(C)C3=CC4N=CC(Cl)=CC4N3)C(F)=CC2N1. The van der Waals surface area contributed by atoms with Crippen molar-refractivity contribution in [2.45, 2.75) is 51.4 Å². The van der Waals surface area contributed by atoms with E-state index in [1.807, 2.05) is 6.08 Å². The highest BCUT2D eigenvalue weighted by Gasteiger charge is 2.33. The Morgan fingerprint density at radius 3 is 2.50 bits per heavy atom. The molecule has 0 aromatic rings. The first-order valence-electron chi connectivity index (χ1n) is 9.22. The first kappa shape index (κ1) is 17.5. The average molecular weight is 375 g/mol. The van der Waals surface area contributed by atoms with E-state index >= 15 is 0 Å². The van der Waals surface area contributed by atoms with Gasteiger partial charge in [0.2, 0.25) is 0 Å². The molecule has 4 aliphatic heterocycles. The van der Waals surface area contributed by atoms with Crippen LogP contribution >= 0.6 is 11.6 Å². The molecule has 138 valence electrons. The zero-order valence-electron chi connectivity index (χ0n) is 15.2. The fourth-order valence-electron chi connectivity index (χ4n) is 3.84. The summed E-state index contributed by atoms with van der Waals surface area (Å²) in [5.41, 5.74) is 2.78. The lowest BCUT2D eigenvalue weighted by molar-refractivity contribution is 0.560. The topological polar surface area (TPSA) is 48.8 Å². The van der Waals surface area contributed by atoms with Gasteiger partial charge in [0.25, 0.3) is 0 Å². The van der Waals surface area contributed by atoms with Gasteiger partial charge in [-0.1, -0.05) is 32.4 Å². The molecule has 0 saturated heterocycles. The van der Waals surface area contributed by atoms with Crippen LogP contribution in [0.25, 0.3) is 0 Å². The summed E-state index contributed by atoms with van der Waals surface area (Å²) in [6, 6.07) is 0.107. The predicted octanol–water partition coefficient (Wildman–Crippen LogP) is 3.63. The smallest absolute Gasteiger partial charge is 0.142 e. The molecule has 4 heterocycles. The number of rotatable bonds is 4. The molecule has 4 aliphatic rings. The molecule has 0 bridgehead atoms. The van der Waals surface area contributed by atoms with E-state index in [9.17, 15) is 4.39 Å². The minimum absolute atomic E-state index is 0.00598. The molecule has 6 heteroatoms. The molecule has 4 rings (SSSR count). The van der Waals surface area contributed by atoms with Gasteiger partial charge in [0.1, 0.15) is 5.83 Å². The van der Waals surface area contributed by atoms with Gasteiger partial charge >= 0.3 is 0 Å². The van der Waals surface area contributed by atoms with E-state index in [2.05, 4.69) is 53.5 Å². The number of nitrogens with one attached hydrogen (secondary N) is 2. The van der Waals surface area contributed by atoms with Crippen LogP contribution < -0.4 is 10.6 Å². The van der Waals surface area contributed by atoms with E-state index in [0.29, 0.717) is 23.1 Å². The molecule has 5 atom stereocenters. The Morgan fingerprint density at radius 2 is 1.73 bits per heavy atom. The van der Waals surface area contributed by atoms with Crippen molar-refractivity contribution in [1.82, 2.24) is 10.6 Å². The molecular weight excluding hydrogens is 351 g/mol. The lowest BCUT2D eigenvalue weighted by Crippen LogP contribution is -2.34. The number of fused-ring (bicyclic) bond motifs is 2. The van der Waals surface area contributed by atoms with Crippen LogP contribution in [0.1, 0.15) is 27.2 Å². The van der Waals surface area contributed by atoms with Crippen LogP contribution in [0.5, 0.6) is 0 Å². The highest BCUT2D eigenvalue weighted by Crippen LogP contribution is 2.30. The lowest BCUT2D eigenvalue weighted by atomic mass is 9.96. The summed E-state index contributed by atoms with van der Waals surface area (Å²) >= 11 is 6.03. The number of halogens is 2. The molecule has 0 saturated carbocycles. The van der Waals surface area contributed by atoms with Crippen LogP contribution in [0, 0.1) is 11.8 Å². The van der Waals surface area contributed by atoms with Crippen LogP contribution in [0.2, 0.25) is 0 Å². The summed E-state index contributed by atoms with van der Waals surface area (Å²) < 4.78 is 14.6. The highest BCUT2D eigenvalue weighted by atomic mass is 35.5. The van der Waals surface area contributed by atoms with Crippen molar-refractivity contribution < 1.29 is 4.39 Å². The summed E-state index contributed by atoms with van der Waals surface area (Å²) in [6.45, 7) is 6.35. The monoisotopic (exact) mass is 374 g/mol. The molecular formula is C20H24ClFN4. The van der Waals surface area contributed by atoms with Crippen molar-refractivity contribution in [3.63, 3.8) is 0 Å². The van der Waals surface area contributed by atoms with E-state index in [-0.39, 0.29) is 35.9 Å². The standard InChI is InChI=1S/C20H24ClFN4/c1-10(2)14-7-20-19(24-14)6-13(22)16(26-20)4-11(3)15-8-17-18(25-15)5-12(21)9-23-17/h5-11,17-20,24-25H,4H2,1-3H3. The summed E-state index contributed by atoms with van der Waals surface area (Å²) in [7, 11) is 0. The maximum absolute atomic E-state index is 14.6. The molecule has 0 amide bonds. The van der Waals surface area contributed by atoms with Crippen molar-refractivity contribution >= 4 is 23.5 Å². The third-order valence-corrected chi connectivity index (χ3v) is 5.59. The van der Waals surface area contributed by atoms with Crippen LogP contribution in [0.3, 0.4) is 0 Å². The number of hydrogen-bond acceptors (Lipinski definition) is 4.